The predicted molar refractivity (Wildman–Crippen MR) is 122 cm³/mol. The lowest BCUT2D eigenvalue weighted by Crippen LogP contribution is -2.14. The molecule has 0 saturated heterocycles. The molecule has 4 rings (SSSR count). The third-order valence-electron chi connectivity index (χ3n) is 4.41. The summed E-state index contributed by atoms with van der Waals surface area (Å²) in [5, 5.41) is 6.70. The van der Waals surface area contributed by atoms with Crippen molar-refractivity contribution in [2.45, 2.75) is 20.8 Å². The Hall–Kier alpha value is -3.71. The van der Waals surface area contributed by atoms with E-state index < -0.39 is 6.09 Å². The van der Waals surface area contributed by atoms with Gasteiger partial charge in [0.15, 0.2) is 28.7 Å². The van der Waals surface area contributed by atoms with Crippen molar-refractivity contribution in [1.82, 2.24) is 34.3 Å². The fourth-order valence-corrected chi connectivity index (χ4v) is 3.33. The zero-order valence-electron chi connectivity index (χ0n) is 18.5. The number of aryl methyl sites for hydroxylation is 2. The minimum Gasteiger partial charge on any atom is -0.450 e. The van der Waals surface area contributed by atoms with Crippen LogP contribution in [0.4, 0.5) is 10.7 Å². The van der Waals surface area contributed by atoms with Gasteiger partial charge >= 0.3 is 6.09 Å². The lowest BCUT2D eigenvalue weighted by atomic mass is 10.3. The van der Waals surface area contributed by atoms with Gasteiger partial charge in [-0.05, 0) is 44.5 Å². The maximum absolute atomic E-state index is 11.6. The van der Waals surface area contributed by atoms with Crippen LogP contribution in [0.1, 0.15) is 19.4 Å². The van der Waals surface area contributed by atoms with E-state index in [1.165, 1.54) is 11.0 Å². The second-order valence-corrected chi connectivity index (χ2v) is 7.32. The highest BCUT2D eigenvalue weighted by Crippen LogP contribution is 2.32. The Labute approximate surface area is 193 Å². The Kier molecular flexibility index (Phi) is 6.70. The van der Waals surface area contributed by atoms with Crippen molar-refractivity contribution < 1.29 is 17.9 Å². The monoisotopic (exact) mass is 470 g/mol. The highest BCUT2D eigenvalue weighted by Gasteiger charge is 2.20. The summed E-state index contributed by atoms with van der Waals surface area (Å²) in [6.07, 6.45) is 2.58. The number of aromatic nitrogens is 7. The van der Waals surface area contributed by atoms with Gasteiger partial charge in [-0.3, -0.25) is 9.50 Å². The third kappa shape index (κ3) is 4.88. The van der Waals surface area contributed by atoms with Crippen LogP contribution in [0, 0.1) is 6.92 Å². The van der Waals surface area contributed by atoms with Crippen LogP contribution < -0.4 is 9.50 Å². The Morgan fingerprint density at radius 1 is 1.18 bits per heavy atom. The van der Waals surface area contributed by atoms with Crippen LogP contribution in [0.2, 0.25) is 0 Å². The molecule has 0 saturated carbocycles. The second kappa shape index (κ2) is 9.83. The minimum absolute atomic E-state index is 0.0893. The number of nitrogens with one attached hydrogen (secondary N) is 1. The molecule has 0 aliphatic carbocycles. The van der Waals surface area contributed by atoms with Gasteiger partial charge in [-0.25, -0.2) is 24.4 Å². The molecular formula is C20H22N8O4S. The topological polar surface area (TPSA) is 131 Å². The molecule has 1 amide bonds. The summed E-state index contributed by atoms with van der Waals surface area (Å²) in [7, 11) is 1.86. The van der Waals surface area contributed by atoms with E-state index >= 15 is 0 Å². The Morgan fingerprint density at radius 2 is 2.03 bits per heavy atom. The molecule has 4 aromatic rings. The molecule has 0 radical (unpaired) electrons. The first-order valence-corrected chi connectivity index (χ1v) is 10.8. The van der Waals surface area contributed by atoms with E-state index in [4.69, 9.17) is 23.1 Å². The van der Waals surface area contributed by atoms with E-state index in [0.717, 1.165) is 23.4 Å². The van der Waals surface area contributed by atoms with Crippen LogP contribution in [-0.4, -0.2) is 53.6 Å². The number of carbonyl (C=O) groups is 1. The summed E-state index contributed by atoms with van der Waals surface area (Å²) >= 11 is 0.859. The van der Waals surface area contributed by atoms with E-state index in [9.17, 15) is 4.79 Å². The van der Waals surface area contributed by atoms with Gasteiger partial charge in [-0.2, -0.15) is 4.98 Å². The molecule has 12 nitrogen and oxygen atoms in total. The number of imidazole rings is 1. The SMILES string of the molecule is CCOSOc1ccc(-n2cnc(NC(=O)OCC)n2)nc1-c1nc2cc(C)cnc2n1C. The number of carbonyl (C=O) groups excluding carboxylic acids is 1. The van der Waals surface area contributed by atoms with Crippen LogP contribution in [0.3, 0.4) is 0 Å². The van der Waals surface area contributed by atoms with Gasteiger partial charge < -0.3 is 13.5 Å². The highest BCUT2D eigenvalue weighted by molar-refractivity contribution is 7.90. The van der Waals surface area contributed by atoms with Crippen molar-refractivity contribution in [2.75, 3.05) is 18.5 Å². The lowest BCUT2D eigenvalue weighted by Gasteiger charge is -2.10. The fourth-order valence-electron chi connectivity index (χ4n) is 2.98. The highest BCUT2D eigenvalue weighted by atomic mass is 32.2. The molecular weight excluding hydrogens is 448 g/mol. The summed E-state index contributed by atoms with van der Waals surface area (Å²) in [6, 6.07) is 5.40. The number of anilines is 1. The molecule has 1 N–H and O–H groups in total. The molecule has 0 bridgehead atoms. The quantitative estimate of drug-likeness (QED) is 0.302. The average Bonchev–Trinajstić information content (AvgIpc) is 3.38. The number of fused-ring (bicyclic) bond motifs is 1. The summed E-state index contributed by atoms with van der Waals surface area (Å²) in [5.74, 6) is 1.55. The first kappa shape index (κ1) is 22.5. The number of hydrogen-bond acceptors (Lipinski definition) is 10. The largest absolute Gasteiger partial charge is 0.450 e. The molecule has 0 atom stereocenters. The zero-order valence-corrected chi connectivity index (χ0v) is 19.3. The molecule has 0 aromatic carbocycles. The smallest absolute Gasteiger partial charge is 0.414 e. The van der Waals surface area contributed by atoms with Crippen LogP contribution in [0.25, 0.3) is 28.5 Å². The summed E-state index contributed by atoms with van der Waals surface area (Å²) < 4.78 is 19.1. The molecule has 0 spiro atoms. The standard InChI is InChI=1S/C20H22N8O4S/c1-5-30-20(29)25-19-22-11-28(26-19)15-8-7-14(32-33-31-6-2)16(24-15)18-23-13-9-12(3)10-21-17(13)27(18)4/h7-11H,5-6H2,1-4H3,(H,25,26,29). The summed E-state index contributed by atoms with van der Waals surface area (Å²) in [4.78, 5) is 29.6. The second-order valence-electron chi connectivity index (χ2n) is 6.78. The van der Waals surface area contributed by atoms with Gasteiger partial charge in [0.05, 0.1) is 13.2 Å². The maximum Gasteiger partial charge on any atom is 0.414 e. The molecule has 172 valence electrons. The number of nitrogens with zero attached hydrogens (tertiary/aromatic N) is 7. The lowest BCUT2D eigenvalue weighted by molar-refractivity contribution is 0.167. The van der Waals surface area contributed by atoms with E-state index in [2.05, 4.69) is 20.4 Å². The van der Waals surface area contributed by atoms with Crippen molar-refractivity contribution in [2.24, 2.45) is 7.05 Å². The Morgan fingerprint density at radius 3 is 2.82 bits per heavy atom. The molecule has 4 aromatic heterocycles. The van der Waals surface area contributed by atoms with E-state index in [1.807, 2.05) is 31.5 Å². The average molecular weight is 471 g/mol. The number of hydrogen-bond donors (Lipinski definition) is 1. The Balaban J connectivity index is 1.74. The normalized spacial score (nSPS) is 11.0. The van der Waals surface area contributed by atoms with Crippen LogP contribution in [0.15, 0.2) is 30.7 Å². The van der Waals surface area contributed by atoms with Crippen molar-refractivity contribution >= 4 is 35.5 Å². The van der Waals surface area contributed by atoms with Gasteiger partial charge in [0.2, 0.25) is 12.3 Å². The van der Waals surface area contributed by atoms with Gasteiger partial charge in [0, 0.05) is 13.2 Å². The number of ether oxygens (including phenoxy) is 1. The number of pyridine rings is 2. The summed E-state index contributed by atoms with van der Waals surface area (Å²) in [5.41, 5.74) is 2.92. The molecule has 0 fully saturated rings. The minimum atomic E-state index is -0.636. The molecule has 4 heterocycles. The van der Waals surface area contributed by atoms with Crippen molar-refractivity contribution in [3.8, 4) is 23.1 Å². The first-order valence-electron chi connectivity index (χ1n) is 10.1. The van der Waals surface area contributed by atoms with E-state index in [0.29, 0.717) is 35.3 Å². The molecule has 0 aliphatic rings. The summed E-state index contributed by atoms with van der Waals surface area (Å²) in [6.45, 7) is 6.26. The van der Waals surface area contributed by atoms with Gasteiger partial charge in [0.25, 0.3) is 5.95 Å². The molecule has 0 unspecified atom stereocenters. The zero-order chi connectivity index (χ0) is 23.4. The number of rotatable bonds is 8. The molecule has 0 aliphatic heterocycles. The van der Waals surface area contributed by atoms with Crippen molar-refractivity contribution in [3.63, 3.8) is 0 Å². The fraction of sp³-hybridized carbons (Fsp3) is 0.300. The van der Waals surface area contributed by atoms with Gasteiger partial charge in [-0.15, -0.1) is 5.10 Å². The van der Waals surface area contributed by atoms with E-state index in [1.54, 1.807) is 25.3 Å². The first-order chi connectivity index (χ1) is 16.0. The van der Waals surface area contributed by atoms with Gasteiger partial charge in [-0.1, -0.05) is 0 Å². The van der Waals surface area contributed by atoms with Crippen LogP contribution in [-0.2, 0) is 16.0 Å². The van der Waals surface area contributed by atoms with Gasteiger partial charge in [0.1, 0.15) is 11.8 Å². The third-order valence-corrected chi connectivity index (χ3v) is 4.99. The predicted octanol–water partition coefficient (Wildman–Crippen LogP) is 3.47. The number of amides is 1. The van der Waals surface area contributed by atoms with Crippen molar-refractivity contribution in [3.05, 3.63) is 36.3 Å². The van der Waals surface area contributed by atoms with E-state index in [-0.39, 0.29) is 12.6 Å². The Bertz CT molecular complexity index is 1290. The molecule has 13 heteroatoms. The van der Waals surface area contributed by atoms with Crippen LogP contribution in [0.5, 0.6) is 5.75 Å². The maximum atomic E-state index is 11.6. The molecule has 33 heavy (non-hydrogen) atoms. The van der Waals surface area contributed by atoms with Crippen molar-refractivity contribution in [1.29, 1.82) is 0 Å². The van der Waals surface area contributed by atoms with Crippen LogP contribution >= 0.6 is 12.3 Å².